The van der Waals surface area contributed by atoms with Crippen LogP contribution in [0.2, 0.25) is 0 Å². The molecule has 0 aliphatic carbocycles. The number of hydrogen-bond acceptors (Lipinski definition) is 11. The predicted molar refractivity (Wildman–Crippen MR) is 155 cm³/mol. The van der Waals surface area contributed by atoms with Gasteiger partial charge in [0.1, 0.15) is 0 Å². The molecule has 0 aromatic heterocycles. The molecule has 1 amide bonds. The van der Waals surface area contributed by atoms with Gasteiger partial charge in [-0.05, 0) is 45.3 Å². The Balaban J connectivity index is 3.03. The molecule has 0 radical (unpaired) electrons. The summed E-state index contributed by atoms with van der Waals surface area (Å²) in [6.07, 6.45) is 5.55. The zero-order chi connectivity index (χ0) is 29.0. The maximum absolute atomic E-state index is 10.6. The minimum absolute atomic E-state index is 0.218. The number of amides is 1. The molecule has 0 atom stereocenters. The van der Waals surface area contributed by atoms with E-state index in [1.807, 2.05) is 0 Å². The van der Waals surface area contributed by atoms with Crippen LogP contribution in [0.1, 0.15) is 45.4 Å². The van der Waals surface area contributed by atoms with E-state index in [9.17, 15) is 4.79 Å². The highest BCUT2D eigenvalue weighted by Crippen LogP contribution is 1.97. The first-order valence-electron chi connectivity index (χ1n) is 15.1. The van der Waals surface area contributed by atoms with Gasteiger partial charge >= 0.3 is 0 Å². The average Bonchev–Trinajstić information content (AvgIpc) is 2.95. The molecule has 0 bridgehead atoms. The molecule has 4 N–H and O–H groups in total. The van der Waals surface area contributed by atoms with E-state index in [4.69, 9.17) is 43.6 Å². The van der Waals surface area contributed by atoms with Crippen LogP contribution in [0.3, 0.4) is 0 Å². The Kier molecular flexibility index (Phi) is 35.3. The van der Waals surface area contributed by atoms with Crippen molar-refractivity contribution in [2.75, 3.05) is 132 Å². The van der Waals surface area contributed by atoms with Crippen molar-refractivity contribution >= 4 is 5.91 Å². The molecule has 0 aromatic rings. The first-order valence-corrected chi connectivity index (χ1v) is 15.1. The summed E-state index contributed by atoms with van der Waals surface area (Å²) in [5.74, 6) is -0.218. The molecule has 0 aromatic carbocycles. The van der Waals surface area contributed by atoms with E-state index < -0.39 is 0 Å². The largest absolute Gasteiger partial charge is 0.379 e. The minimum Gasteiger partial charge on any atom is -0.379 e. The third-order valence-corrected chi connectivity index (χ3v) is 5.37. The topological polar surface area (TPSA) is 141 Å². The predicted octanol–water partition coefficient (Wildman–Crippen LogP) is 1.14. The highest BCUT2D eigenvalue weighted by molar-refractivity contribution is 5.73. The first kappa shape index (κ1) is 39.1. The van der Waals surface area contributed by atoms with Gasteiger partial charge in [0.25, 0.3) is 0 Å². The van der Waals surface area contributed by atoms with Crippen LogP contribution in [0.25, 0.3) is 0 Å². The number of carbonyl (C=O) groups is 1. The molecule has 0 spiro atoms. The van der Waals surface area contributed by atoms with E-state index in [0.29, 0.717) is 112 Å². The van der Waals surface area contributed by atoms with E-state index in [-0.39, 0.29) is 5.91 Å². The van der Waals surface area contributed by atoms with E-state index >= 15 is 0 Å². The normalized spacial score (nSPS) is 11.4. The van der Waals surface area contributed by atoms with Gasteiger partial charge in [-0.2, -0.15) is 0 Å². The highest BCUT2D eigenvalue weighted by Gasteiger charge is 1.97. The number of rotatable bonds is 36. The number of unbranched alkanes of at least 4 members (excludes halogenated alkanes) is 2. The fourth-order valence-electron chi connectivity index (χ4n) is 3.24. The summed E-state index contributed by atoms with van der Waals surface area (Å²) < 4.78 is 43.8. The molecular weight excluding hydrogens is 522 g/mol. The van der Waals surface area contributed by atoms with Crippen molar-refractivity contribution in [1.82, 2.24) is 10.6 Å². The Morgan fingerprint density at radius 1 is 0.450 bits per heavy atom. The maximum Gasteiger partial charge on any atom is 0.217 e. The monoisotopic (exact) mass is 581 g/mol. The Morgan fingerprint density at radius 2 is 0.825 bits per heavy atom. The lowest BCUT2D eigenvalue weighted by molar-refractivity contribution is -0.118. The smallest absolute Gasteiger partial charge is 0.217 e. The Morgan fingerprint density at radius 3 is 1.25 bits per heavy atom. The number of nitrogens with two attached hydrogens (primary N) is 1. The van der Waals surface area contributed by atoms with Gasteiger partial charge in [0, 0.05) is 19.6 Å². The molecule has 40 heavy (non-hydrogen) atoms. The zero-order valence-corrected chi connectivity index (χ0v) is 25.1. The fraction of sp³-hybridized carbons (Fsp3) is 0.964. The van der Waals surface area contributed by atoms with Gasteiger partial charge in [-0.25, -0.2) is 0 Å². The second kappa shape index (κ2) is 36.1. The van der Waals surface area contributed by atoms with Gasteiger partial charge in [0.2, 0.25) is 5.91 Å². The van der Waals surface area contributed by atoms with E-state index in [0.717, 1.165) is 58.3 Å². The number of nitrogens with one attached hydrogen (secondary N) is 2. The summed E-state index contributed by atoms with van der Waals surface area (Å²) in [7, 11) is 0. The summed E-state index contributed by atoms with van der Waals surface area (Å²) >= 11 is 0. The molecule has 0 fully saturated rings. The molecule has 0 aliphatic rings. The van der Waals surface area contributed by atoms with Crippen molar-refractivity contribution in [3.05, 3.63) is 0 Å². The molecule has 240 valence electrons. The summed E-state index contributed by atoms with van der Waals surface area (Å²) in [4.78, 5) is 10.6. The third-order valence-electron chi connectivity index (χ3n) is 5.37. The van der Waals surface area contributed by atoms with Crippen LogP contribution in [-0.2, 0) is 42.7 Å². The summed E-state index contributed by atoms with van der Waals surface area (Å²) in [5.41, 5.74) is 5.11. The second-order valence-corrected chi connectivity index (χ2v) is 9.03. The molecule has 12 heteroatoms. The van der Waals surface area contributed by atoms with Crippen LogP contribution in [0, 0.1) is 0 Å². The Labute approximate surface area is 242 Å². The van der Waals surface area contributed by atoms with Gasteiger partial charge in [0.15, 0.2) is 0 Å². The van der Waals surface area contributed by atoms with Crippen molar-refractivity contribution in [3.8, 4) is 0 Å². The summed E-state index contributed by atoms with van der Waals surface area (Å²) in [6.45, 7) is 15.1. The van der Waals surface area contributed by atoms with E-state index in [1.54, 1.807) is 0 Å². The number of ether oxygens (including phenoxy) is 8. The maximum atomic E-state index is 10.6. The number of hydrogen-bond donors (Lipinski definition) is 3. The first-order chi connectivity index (χ1) is 19.8. The fourth-order valence-corrected chi connectivity index (χ4v) is 3.24. The van der Waals surface area contributed by atoms with Crippen LogP contribution in [-0.4, -0.2) is 138 Å². The standard InChI is InChI=1S/C28H59N3O9/c1-2-8-30-11-13-34-15-17-36-19-21-38-23-25-40-27-26-39-24-22-37-20-18-35-16-14-33-12-6-10-31-9-5-3-4-7-28(29)32/h30-31H,2-27H2,1H3,(H2,29,32). The zero-order valence-electron chi connectivity index (χ0n) is 25.1. The highest BCUT2D eigenvalue weighted by atomic mass is 16.6. The van der Waals surface area contributed by atoms with Crippen LogP contribution in [0.15, 0.2) is 0 Å². The summed E-state index contributed by atoms with van der Waals surface area (Å²) in [5, 5.41) is 6.66. The Bertz CT molecular complexity index is 494. The molecule has 0 unspecified atom stereocenters. The van der Waals surface area contributed by atoms with Gasteiger partial charge < -0.3 is 54.3 Å². The lowest BCUT2D eigenvalue weighted by atomic mass is 10.2. The van der Waals surface area contributed by atoms with Crippen molar-refractivity contribution in [2.45, 2.75) is 45.4 Å². The molecule has 0 saturated carbocycles. The third kappa shape index (κ3) is 37.1. The Hall–Kier alpha value is -0.930. The quantitative estimate of drug-likeness (QED) is 0.0918. The van der Waals surface area contributed by atoms with Crippen LogP contribution in [0.4, 0.5) is 0 Å². The van der Waals surface area contributed by atoms with Crippen LogP contribution < -0.4 is 16.4 Å². The van der Waals surface area contributed by atoms with E-state index in [1.165, 1.54) is 0 Å². The molecule has 0 rings (SSSR count). The lowest BCUT2D eigenvalue weighted by Gasteiger charge is -2.09. The summed E-state index contributed by atoms with van der Waals surface area (Å²) in [6, 6.07) is 0. The SMILES string of the molecule is CCCNCCOCCOCCOCCOCCOCCOCCOCCOCCCNCCCCCC(N)=O. The van der Waals surface area contributed by atoms with Crippen LogP contribution >= 0.6 is 0 Å². The lowest BCUT2D eigenvalue weighted by Crippen LogP contribution is -2.21. The van der Waals surface area contributed by atoms with Crippen molar-refractivity contribution in [1.29, 1.82) is 0 Å². The number of carbonyl (C=O) groups excluding carboxylic acids is 1. The molecular formula is C28H59N3O9. The van der Waals surface area contributed by atoms with Gasteiger partial charge in [0.05, 0.1) is 99.1 Å². The van der Waals surface area contributed by atoms with Crippen LogP contribution in [0.5, 0.6) is 0 Å². The van der Waals surface area contributed by atoms with Gasteiger partial charge in [-0.15, -0.1) is 0 Å². The van der Waals surface area contributed by atoms with Gasteiger partial charge in [-0.1, -0.05) is 13.3 Å². The molecule has 0 heterocycles. The average molecular weight is 582 g/mol. The van der Waals surface area contributed by atoms with Crippen molar-refractivity contribution < 1.29 is 42.7 Å². The molecule has 12 nitrogen and oxygen atoms in total. The van der Waals surface area contributed by atoms with Gasteiger partial charge in [-0.3, -0.25) is 4.79 Å². The van der Waals surface area contributed by atoms with Crippen molar-refractivity contribution in [3.63, 3.8) is 0 Å². The van der Waals surface area contributed by atoms with E-state index in [2.05, 4.69) is 17.6 Å². The molecule has 0 aliphatic heterocycles. The molecule has 0 saturated heterocycles. The number of primary amides is 1. The van der Waals surface area contributed by atoms with Crippen molar-refractivity contribution in [2.24, 2.45) is 5.73 Å². The minimum atomic E-state index is -0.218. The second-order valence-electron chi connectivity index (χ2n) is 9.03.